The quantitative estimate of drug-likeness (QED) is 0.535. The molecular formula is C7H10NO. The summed E-state index contributed by atoms with van der Waals surface area (Å²) in [7, 11) is 0. The highest BCUT2D eigenvalue weighted by Gasteiger charge is 2.18. The van der Waals surface area contributed by atoms with Crippen LogP contribution in [0.3, 0.4) is 0 Å². The first kappa shape index (κ1) is 6.36. The van der Waals surface area contributed by atoms with Gasteiger partial charge in [-0.1, -0.05) is 6.08 Å². The van der Waals surface area contributed by atoms with E-state index in [1.54, 1.807) is 18.4 Å². The number of allylic oxidation sites excluding steroid dienone is 2. The maximum absolute atomic E-state index is 9.37. The minimum Gasteiger partial charge on any atom is -0.367 e. The molecule has 0 spiro atoms. The first-order chi connectivity index (χ1) is 4.27. The molecular weight excluding hydrogens is 114 g/mol. The minimum atomic E-state index is -0.908. The van der Waals surface area contributed by atoms with Gasteiger partial charge in [-0.05, 0) is 31.7 Å². The van der Waals surface area contributed by atoms with Gasteiger partial charge in [-0.15, -0.1) is 0 Å². The Bertz CT molecular complexity index is 151. The van der Waals surface area contributed by atoms with E-state index < -0.39 is 5.72 Å². The fraction of sp³-hybridized carbons (Fsp3) is 0.286. The van der Waals surface area contributed by atoms with Crippen LogP contribution in [-0.4, -0.2) is 10.8 Å². The maximum atomic E-state index is 9.37. The van der Waals surface area contributed by atoms with E-state index in [-0.39, 0.29) is 0 Å². The molecule has 0 aromatic carbocycles. The highest BCUT2D eigenvalue weighted by atomic mass is 16.3. The predicted octanol–water partition coefficient (Wildman–Crippen LogP) is 0.572. The minimum absolute atomic E-state index is 0.438. The number of aliphatic hydroxyl groups is 1. The van der Waals surface area contributed by atoms with Gasteiger partial charge in [0.05, 0.1) is 0 Å². The average molecular weight is 124 g/mol. The summed E-state index contributed by atoms with van der Waals surface area (Å²) >= 11 is 0. The van der Waals surface area contributed by atoms with Crippen molar-refractivity contribution in [1.82, 2.24) is 5.32 Å². The van der Waals surface area contributed by atoms with Crippen LogP contribution in [0.25, 0.3) is 0 Å². The van der Waals surface area contributed by atoms with Crippen molar-refractivity contribution >= 4 is 0 Å². The van der Waals surface area contributed by atoms with Gasteiger partial charge < -0.3 is 10.4 Å². The molecule has 0 saturated heterocycles. The molecule has 1 rings (SSSR count). The van der Waals surface area contributed by atoms with E-state index in [2.05, 4.69) is 12.2 Å². The second-order valence-electron chi connectivity index (χ2n) is 2.04. The van der Waals surface area contributed by atoms with Crippen molar-refractivity contribution in [1.29, 1.82) is 0 Å². The van der Waals surface area contributed by atoms with Gasteiger partial charge in [-0.25, -0.2) is 0 Å². The van der Waals surface area contributed by atoms with Crippen LogP contribution in [0.15, 0.2) is 24.4 Å². The Morgan fingerprint density at radius 1 is 1.56 bits per heavy atom. The standard InChI is InChI=1S/C7H10NO/c1-2-7(9)5-3-4-6-8-7/h3-6,8-9H,1-2H2. The number of hydrogen-bond acceptors (Lipinski definition) is 2. The van der Waals surface area contributed by atoms with Crippen LogP contribution in [0.5, 0.6) is 0 Å². The molecule has 0 saturated carbocycles. The van der Waals surface area contributed by atoms with Crippen molar-refractivity contribution in [3.8, 4) is 0 Å². The second-order valence-corrected chi connectivity index (χ2v) is 2.04. The van der Waals surface area contributed by atoms with E-state index in [1.807, 2.05) is 6.08 Å². The zero-order valence-corrected chi connectivity index (χ0v) is 5.17. The first-order valence-electron chi connectivity index (χ1n) is 2.90. The SMILES string of the molecule is [CH2]CC1(O)C=CC=CN1. The zero-order chi connectivity index (χ0) is 6.74. The van der Waals surface area contributed by atoms with Gasteiger partial charge in [0.1, 0.15) is 0 Å². The third-order valence-corrected chi connectivity index (χ3v) is 1.29. The van der Waals surface area contributed by atoms with E-state index >= 15 is 0 Å². The fourth-order valence-corrected chi connectivity index (χ4v) is 0.666. The van der Waals surface area contributed by atoms with Gasteiger partial charge in [0, 0.05) is 0 Å². The van der Waals surface area contributed by atoms with Crippen LogP contribution in [0.4, 0.5) is 0 Å². The van der Waals surface area contributed by atoms with Crippen molar-refractivity contribution in [3.05, 3.63) is 31.4 Å². The van der Waals surface area contributed by atoms with Crippen molar-refractivity contribution in [3.63, 3.8) is 0 Å². The van der Waals surface area contributed by atoms with Gasteiger partial charge >= 0.3 is 0 Å². The Morgan fingerprint density at radius 2 is 2.33 bits per heavy atom. The number of dihydropyridines is 1. The van der Waals surface area contributed by atoms with Crippen molar-refractivity contribution in [2.75, 3.05) is 0 Å². The van der Waals surface area contributed by atoms with Gasteiger partial charge in [-0.3, -0.25) is 0 Å². The summed E-state index contributed by atoms with van der Waals surface area (Å²) in [6.45, 7) is 3.58. The Balaban J connectivity index is 2.63. The molecule has 1 aliphatic rings. The van der Waals surface area contributed by atoms with Crippen LogP contribution in [-0.2, 0) is 0 Å². The van der Waals surface area contributed by atoms with Crippen LogP contribution < -0.4 is 5.32 Å². The lowest BCUT2D eigenvalue weighted by atomic mass is 10.1. The van der Waals surface area contributed by atoms with Crippen molar-refractivity contribution in [2.24, 2.45) is 0 Å². The van der Waals surface area contributed by atoms with E-state index in [0.717, 1.165) is 0 Å². The van der Waals surface area contributed by atoms with Crippen molar-refractivity contribution in [2.45, 2.75) is 12.1 Å². The molecule has 1 radical (unpaired) electrons. The molecule has 0 aromatic heterocycles. The van der Waals surface area contributed by atoms with Crippen LogP contribution in [0, 0.1) is 6.92 Å². The summed E-state index contributed by atoms with van der Waals surface area (Å²) in [4.78, 5) is 0. The Hall–Kier alpha value is -0.760. The third-order valence-electron chi connectivity index (χ3n) is 1.29. The zero-order valence-electron chi connectivity index (χ0n) is 5.17. The first-order valence-corrected chi connectivity index (χ1v) is 2.90. The molecule has 0 amide bonds. The molecule has 1 atom stereocenters. The molecule has 2 nitrogen and oxygen atoms in total. The molecule has 0 fully saturated rings. The molecule has 0 bridgehead atoms. The molecule has 49 valence electrons. The summed E-state index contributed by atoms with van der Waals surface area (Å²) in [5.41, 5.74) is -0.908. The molecule has 1 unspecified atom stereocenters. The third kappa shape index (κ3) is 1.33. The Kier molecular flexibility index (Phi) is 1.58. The molecule has 1 heterocycles. The highest BCUT2D eigenvalue weighted by Crippen LogP contribution is 2.09. The summed E-state index contributed by atoms with van der Waals surface area (Å²) in [6.07, 6.45) is 7.44. The fourth-order valence-electron chi connectivity index (χ4n) is 0.666. The lowest BCUT2D eigenvalue weighted by molar-refractivity contribution is 0.0703. The van der Waals surface area contributed by atoms with E-state index in [1.165, 1.54) is 0 Å². The van der Waals surface area contributed by atoms with Gasteiger partial charge in [-0.2, -0.15) is 0 Å². The lowest BCUT2D eigenvalue weighted by Crippen LogP contribution is -2.40. The Labute approximate surface area is 54.9 Å². The van der Waals surface area contributed by atoms with E-state index in [4.69, 9.17) is 0 Å². The van der Waals surface area contributed by atoms with Crippen LogP contribution >= 0.6 is 0 Å². The number of rotatable bonds is 1. The summed E-state index contributed by atoms with van der Waals surface area (Å²) < 4.78 is 0. The van der Waals surface area contributed by atoms with E-state index in [0.29, 0.717) is 6.42 Å². The smallest absolute Gasteiger partial charge is 0.154 e. The molecule has 0 aliphatic carbocycles. The maximum Gasteiger partial charge on any atom is 0.154 e. The number of nitrogens with one attached hydrogen (secondary N) is 1. The van der Waals surface area contributed by atoms with Crippen LogP contribution in [0.2, 0.25) is 0 Å². The average Bonchev–Trinajstić information content (AvgIpc) is 1.90. The van der Waals surface area contributed by atoms with Gasteiger partial charge in [0.25, 0.3) is 0 Å². The van der Waals surface area contributed by atoms with Gasteiger partial charge in [0.2, 0.25) is 0 Å². The summed E-state index contributed by atoms with van der Waals surface area (Å²) in [5.74, 6) is 0. The van der Waals surface area contributed by atoms with Gasteiger partial charge in [0.15, 0.2) is 5.72 Å². The number of hydrogen-bond donors (Lipinski definition) is 2. The second kappa shape index (κ2) is 2.23. The molecule has 2 N–H and O–H groups in total. The van der Waals surface area contributed by atoms with Crippen LogP contribution in [0.1, 0.15) is 6.42 Å². The van der Waals surface area contributed by atoms with E-state index in [9.17, 15) is 5.11 Å². The topological polar surface area (TPSA) is 32.3 Å². The monoisotopic (exact) mass is 124 g/mol. The van der Waals surface area contributed by atoms with Crippen molar-refractivity contribution < 1.29 is 5.11 Å². The normalized spacial score (nSPS) is 32.2. The predicted molar refractivity (Wildman–Crippen MR) is 36.3 cm³/mol. The molecule has 0 aromatic rings. The summed E-state index contributed by atoms with van der Waals surface area (Å²) in [5, 5.41) is 12.1. The largest absolute Gasteiger partial charge is 0.367 e. The summed E-state index contributed by atoms with van der Waals surface area (Å²) in [6, 6.07) is 0. The molecule has 9 heavy (non-hydrogen) atoms. The molecule has 2 heteroatoms. The Morgan fingerprint density at radius 3 is 2.67 bits per heavy atom. The highest BCUT2D eigenvalue weighted by molar-refractivity contribution is 5.15. The molecule has 1 aliphatic heterocycles. The lowest BCUT2D eigenvalue weighted by Gasteiger charge is -2.24.